The predicted molar refractivity (Wildman–Crippen MR) is 266 cm³/mol. The lowest BCUT2D eigenvalue weighted by Crippen LogP contribution is -1.99. The van der Waals surface area contributed by atoms with Crippen LogP contribution in [0.1, 0.15) is 0 Å². The van der Waals surface area contributed by atoms with Crippen molar-refractivity contribution >= 4 is 75.7 Å². The molecular weight excluding hydrogens is 763 g/mol. The van der Waals surface area contributed by atoms with Crippen molar-refractivity contribution in [3.8, 4) is 50.7 Å². The highest BCUT2D eigenvalue weighted by Crippen LogP contribution is 2.46. The minimum absolute atomic E-state index is 0.700. The van der Waals surface area contributed by atoms with E-state index < -0.39 is 0 Å². The number of fused-ring (bicyclic) bond motifs is 12. The van der Waals surface area contributed by atoms with E-state index >= 15 is 0 Å². The third-order valence-corrected chi connectivity index (χ3v) is 12.9. The second kappa shape index (κ2) is 14.1. The van der Waals surface area contributed by atoms with Crippen molar-refractivity contribution in [2.24, 2.45) is 0 Å². The number of nitrogens with zero attached hydrogens (tertiary/aromatic N) is 3. The number of aromatic nitrogens is 3. The summed E-state index contributed by atoms with van der Waals surface area (Å²) in [6, 6.07) is 81.2. The van der Waals surface area contributed by atoms with Crippen LogP contribution < -0.4 is 0 Å². The fourth-order valence-corrected chi connectivity index (χ4v) is 10.1. The van der Waals surface area contributed by atoms with Crippen LogP contribution in [0, 0.1) is 0 Å². The van der Waals surface area contributed by atoms with Gasteiger partial charge in [0.05, 0.1) is 22.4 Å². The maximum Gasteiger partial charge on any atom is 0.160 e. The van der Waals surface area contributed by atoms with E-state index in [1.807, 2.05) is 24.3 Å². The van der Waals surface area contributed by atoms with E-state index in [9.17, 15) is 0 Å². The first-order chi connectivity index (χ1) is 31.2. The average Bonchev–Trinajstić information content (AvgIpc) is 3.70. The Morgan fingerprint density at radius 1 is 0.270 bits per heavy atom. The molecule has 0 aliphatic rings. The molecule has 0 unspecified atom stereocenters. The molecule has 0 bridgehead atoms. The van der Waals surface area contributed by atoms with Gasteiger partial charge in [0.2, 0.25) is 0 Å². The van der Waals surface area contributed by atoms with Crippen LogP contribution in [0.15, 0.2) is 224 Å². The van der Waals surface area contributed by atoms with Crippen molar-refractivity contribution in [3.05, 3.63) is 224 Å². The largest absolute Gasteiger partial charge is 0.308 e. The summed E-state index contributed by atoms with van der Waals surface area (Å²) in [5.41, 5.74) is 10.6. The van der Waals surface area contributed by atoms with Crippen LogP contribution in [0.4, 0.5) is 0 Å². The first kappa shape index (κ1) is 35.4. The molecule has 2 aromatic heterocycles. The zero-order chi connectivity index (χ0) is 41.4. The van der Waals surface area contributed by atoms with Gasteiger partial charge in [-0.15, -0.1) is 0 Å². The lowest BCUT2D eigenvalue weighted by Gasteiger charge is -2.17. The minimum atomic E-state index is 0.700. The SMILES string of the molecule is c1ccc(-c2cc(-c3cccc(-n4c5c(-c6ccc7c8ccccc8c8ccccc8c7c6)c6ccccc6cc5c5ccc6ccccc6c54)c3)nc(-c3ccccc3)n2)cc1. The van der Waals surface area contributed by atoms with Gasteiger partial charge >= 0.3 is 0 Å². The Balaban J connectivity index is 1.13. The van der Waals surface area contributed by atoms with Gasteiger partial charge in [-0.2, -0.15) is 0 Å². The maximum absolute atomic E-state index is 5.26. The van der Waals surface area contributed by atoms with Gasteiger partial charge in [-0.1, -0.05) is 194 Å². The number of benzene rings is 11. The second-order valence-electron chi connectivity index (χ2n) is 16.5. The van der Waals surface area contributed by atoms with E-state index in [-0.39, 0.29) is 0 Å². The Labute approximate surface area is 363 Å². The standard InChI is InChI=1S/C60H37N3/c1-3-17-39(18-4-1)55-37-56(62-60(61-55)40-19-5-2-6-20-40)42-22-15-23-44(34-42)63-58-46-25-10-7-16-38(46)30-33-52(58)54-35-41-21-8-9-24-45(41)57(59(54)63)43-31-32-51-49-28-12-11-26-47(49)48-27-13-14-29-50(48)53(51)36-43/h1-37H. The predicted octanol–water partition coefficient (Wildman–Crippen LogP) is 16.0. The monoisotopic (exact) mass is 799 g/mol. The van der Waals surface area contributed by atoms with Crippen molar-refractivity contribution in [2.45, 2.75) is 0 Å². The molecule has 13 aromatic rings. The van der Waals surface area contributed by atoms with Gasteiger partial charge < -0.3 is 4.57 Å². The van der Waals surface area contributed by atoms with Gasteiger partial charge in [0, 0.05) is 44.1 Å². The molecule has 63 heavy (non-hydrogen) atoms. The molecule has 2 heterocycles. The zero-order valence-electron chi connectivity index (χ0n) is 34.2. The molecule has 292 valence electrons. The molecule has 0 spiro atoms. The Morgan fingerprint density at radius 2 is 0.810 bits per heavy atom. The van der Waals surface area contributed by atoms with E-state index in [1.54, 1.807) is 0 Å². The quantitative estimate of drug-likeness (QED) is 0.162. The van der Waals surface area contributed by atoms with Crippen molar-refractivity contribution in [2.75, 3.05) is 0 Å². The van der Waals surface area contributed by atoms with Crippen molar-refractivity contribution in [1.82, 2.24) is 14.5 Å². The molecule has 11 aromatic carbocycles. The van der Waals surface area contributed by atoms with Crippen LogP contribution in [0.5, 0.6) is 0 Å². The molecule has 0 N–H and O–H groups in total. The first-order valence-electron chi connectivity index (χ1n) is 21.6. The average molecular weight is 800 g/mol. The van der Waals surface area contributed by atoms with Gasteiger partial charge in [-0.25, -0.2) is 9.97 Å². The van der Waals surface area contributed by atoms with Crippen LogP contribution in [-0.4, -0.2) is 14.5 Å². The fourth-order valence-electron chi connectivity index (χ4n) is 10.1. The topological polar surface area (TPSA) is 30.7 Å². The highest BCUT2D eigenvalue weighted by molar-refractivity contribution is 6.28. The van der Waals surface area contributed by atoms with E-state index in [0.29, 0.717) is 5.82 Å². The van der Waals surface area contributed by atoms with Crippen LogP contribution in [0.2, 0.25) is 0 Å². The Hall–Kier alpha value is -8.40. The maximum atomic E-state index is 5.26. The molecule has 3 heteroatoms. The Kier molecular flexibility index (Phi) is 7.91. The lowest BCUT2D eigenvalue weighted by atomic mass is 9.90. The third kappa shape index (κ3) is 5.60. The summed E-state index contributed by atoms with van der Waals surface area (Å²) in [7, 11) is 0. The van der Waals surface area contributed by atoms with E-state index in [0.717, 1.165) is 33.8 Å². The molecule has 0 saturated heterocycles. The molecule has 0 fully saturated rings. The molecular formula is C60H37N3. The smallest absolute Gasteiger partial charge is 0.160 e. The third-order valence-electron chi connectivity index (χ3n) is 12.9. The molecule has 0 saturated carbocycles. The lowest BCUT2D eigenvalue weighted by molar-refractivity contribution is 1.17. The van der Waals surface area contributed by atoms with Gasteiger partial charge in [0.15, 0.2) is 5.82 Å². The van der Waals surface area contributed by atoms with Crippen molar-refractivity contribution in [3.63, 3.8) is 0 Å². The van der Waals surface area contributed by atoms with Crippen LogP contribution >= 0.6 is 0 Å². The van der Waals surface area contributed by atoms with Crippen molar-refractivity contribution in [1.29, 1.82) is 0 Å². The summed E-state index contributed by atoms with van der Waals surface area (Å²) < 4.78 is 2.53. The van der Waals surface area contributed by atoms with E-state index in [1.165, 1.54) is 86.8 Å². The Bertz CT molecular complexity index is 3870. The first-order valence-corrected chi connectivity index (χ1v) is 21.6. The highest BCUT2D eigenvalue weighted by atomic mass is 15.0. The normalized spacial score (nSPS) is 11.8. The fraction of sp³-hybridized carbons (Fsp3) is 0. The summed E-state index contributed by atoms with van der Waals surface area (Å²) in [6.07, 6.45) is 0. The molecule has 0 atom stereocenters. The molecule has 0 radical (unpaired) electrons. The Morgan fingerprint density at radius 3 is 1.52 bits per heavy atom. The van der Waals surface area contributed by atoms with Gasteiger partial charge in [-0.3, -0.25) is 0 Å². The van der Waals surface area contributed by atoms with E-state index in [2.05, 4.69) is 205 Å². The van der Waals surface area contributed by atoms with Crippen LogP contribution in [0.25, 0.3) is 126 Å². The van der Waals surface area contributed by atoms with Crippen LogP contribution in [-0.2, 0) is 0 Å². The number of hydrogen-bond acceptors (Lipinski definition) is 2. The van der Waals surface area contributed by atoms with Crippen molar-refractivity contribution < 1.29 is 0 Å². The molecule has 3 nitrogen and oxygen atoms in total. The van der Waals surface area contributed by atoms with Gasteiger partial charge in [0.25, 0.3) is 0 Å². The summed E-state index contributed by atoms with van der Waals surface area (Å²) in [5.74, 6) is 0.700. The van der Waals surface area contributed by atoms with Gasteiger partial charge in [-0.05, 0) is 84.4 Å². The molecule has 13 rings (SSSR count). The molecule has 0 aliphatic carbocycles. The summed E-state index contributed by atoms with van der Waals surface area (Å²) in [6.45, 7) is 0. The molecule has 0 amide bonds. The number of rotatable bonds is 5. The summed E-state index contributed by atoms with van der Waals surface area (Å²) in [5, 5.41) is 14.9. The van der Waals surface area contributed by atoms with Crippen LogP contribution in [0.3, 0.4) is 0 Å². The zero-order valence-corrected chi connectivity index (χ0v) is 34.2. The minimum Gasteiger partial charge on any atom is -0.308 e. The second-order valence-corrected chi connectivity index (χ2v) is 16.5. The summed E-state index contributed by atoms with van der Waals surface area (Å²) >= 11 is 0. The highest BCUT2D eigenvalue weighted by Gasteiger charge is 2.23. The number of hydrogen-bond donors (Lipinski definition) is 0. The summed E-state index contributed by atoms with van der Waals surface area (Å²) in [4.78, 5) is 10.4. The molecule has 0 aliphatic heterocycles. The van der Waals surface area contributed by atoms with Gasteiger partial charge in [0.1, 0.15) is 0 Å². The van der Waals surface area contributed by atoms with E-state index in [4.69, 9.17) is 9.97 Å².